The van der Waals surface area contributed by atoms with Gasteiger partial charge in [-0.1, -0.05) is 26.2 Å². The topological polar surface area (TPSA) is 61.4 Å². The molecule has 1 amide bonds. The van der Waals surface area contributed by atoms with Gasteiger partial charge in [0.25, 0.3) is 0 Å². The first kappa shape index (κ1) is 14.5. The largest absolute Gasteiger partial charge is 0.392 e. The lowest BCUT2D eigenvalue weighted by atomic mass is 9.95. The summed E-state index contributed by atoms with van der Waals surface area (Å²) in [7, 11) is 0. The molecular weight excluding hydrogens is 216 g/mol. The first-order chi connectivity index (χ1) is 8.13. The Labute approximate surface area is 104 Å². The second-order valence-corrected chi connectivity index (χ2v) is 5.04. The molecule has 100 valence electrons. The van der Waals surface area contributed by atoms with E-state index in [9.17, 15) is 9.90 Å². The van der Waals surface area contributed by atoms with Crippen molar-refractivity contribution < 1.29 is 9.90 Å². The number of hydrogen-bond donors (Lipinski definition) is 3. The van der Waals surface area contributed by atoms with E-state index in [1.54, 1.807) is 0 Å². The van der Waals surface area contributed by atoms with E-state index in [2.05, 4.69) is 10.6 Å². The highest BCUT2D eigenvalue weighted by atomic mass is 16.3. The zero-order chi connectivity index (χ0) is 12.7. The molecule has 1 aliphatic rings. The van der Waals surface area contributed by atoms with Gasteiger partial charge >= 0.3 is 0 Å². The highest BCUT2D eigenvalue weighted by molar-refractivity contribution is 5.81. The van der Waals surface area contributed by atoms with E-state index in [-0.39, 0.29) is 18.1 Å². The number of nitrogens with one attached hydrogen (secondary N) is 2. The summed E-state index contributed by atoms with van der Waals surface area (Å²) in [4.78, 5) is 11.9. The Morgan fingerprint density at radius 2 is 2.00 bits per heavy atom. The summed E-state index contributed by atoms with van der Waals surface area (Å²) < 4.78 is 0. The van der Waals surface area contributed by atoms with Gasteiger partial charge in [-0.25, -0.2) is 0 Å². The van der Waals surface area contributed by atoms with Crippen molar-refractivity contribution >= 4 is 5.91 Å². The van der Waals surface area contributed by atoms with Crippen molar-refractivity contribution in [1.82, 2.24) is 10.6 Å². The van der Waals surface area contributed by atoms with Gasteiger partial charge in [0.05, 0.1) is 12.1 Å². The van der Waals surface area contributed by atoms with Crippen LogP contribution < -0.4 is 10.6 Å². The van der Waals surface area contributed by atoms with Crippen molar-refractivity contribution in [2.24, 2.45) is 0 Å². The third kappa shape index (κ3) is 5.50. The van der Waals surface area contributed by atoms with E-state index in [1.807, 2.05) is 13.8 Å². The normalized spacial score (nSPS) is 20.9. The Morgan fingerprint density at radius 1 is 1.35 bits per heavy atom. The SMILES string of the molecule is CCC(O)CNC(C)C(=O)NC1CCCCC1. The second kappa shape index (κ2) is 7.67. The molecule has 0 aromatic heterocycles. The van der Waals surface area contributed by atoms with Crippen molar-refractivity contribution in [2.75, 3.05) is 6.54 Å². The smallest absolute Gasteiger partial charge is 0.237 e. The van der Waals surface area contributed by atoms with Gasteiger partial charge < -0.3 is 15.7 Å². The van der Waals surface area contributed by atoms with Gasteiger partial charge in [-0.05, 0) is 26.2 Å². The van der Waals surface area contributed by atoms with Crippen LogP contribution in [0.3, 0.4) is 0 Å². The molecule has 0 aromatic rings. The van der Waals surface area contributed by atoms with Gasteiger partial charge in [0.2, 0.25) is 5.91 Å². The van der Waals surface area contributed by atoms with Crippen LogP contribution >= 0.6 is 0 Å². The van der Waals surface area contributed by atoms with Crippen molar-refractivity contribution in [1.29, 1.82) is 0 Å². The molecule has 1 rings (SSSR count). The molecule has 0 radical (unpaired) electrons. The minimum absolute atomic E-state index is 0.0557. The van der Waals surface area contributed by atoms with E-state index in [0.717, 1.165) is 12.8 Å². The molecular formula is C13H26N2O2. The van der Waals surface area contributed by atoms with E-state index < -0.39 is 0 Å². The summed E-state index contributed by atoms with van der Waals surface area (Å²) in [5.74, 6) is 0.0557. The number of aliphatic hydroxyl groups is 1. The Kier molecular flexibility index (Phi) is 6.52. The second-order valence-electron chi connectivity index (χ2n) is 5.04. The van der Waals surface area contributed by atoms with E-state index in [1.165, 1.54) is 19.3 Å². The molecule has 3 N–H and O–H groups in total. The molecule has 17 heavy (non-hydrogen) atoms. The summed E-state index contributed by atoms with van der Waals surface area (Å²) in [6.07, 6.45) is 6.31. The van der Waals surface area contributed by atoms with Crippen LogP contribution in [0.1, 0.15) is 52.4 Å². The molecule has 0 heterocycles. The first-order valence-electron chi connectivity index (χ1n) is 6.85. The zero-order valence-corrected chi connectivity index (χ0v) is 11.0. The predicted octanol–water partition coefficient (Wildman–Crippen LogP) is 1.18. The average Bonchev–Trinajstić information content (AvgIpc) is 2.36. The van der Waals surface area contributed by atoms with Gasteiger partial charge in [-0.3, -0.25) is 4.79 Å². The van der Waals surface area contributed by atoms with Crippen LogP contribution in [0.15, 0.2) is 0 Å². The highest BCUT2D eigenvalue weighted by Crippen LogP contribution is 2.17. The molecule has 4 nitrogen and oxygen atoms in total. The lowest BCUT2D eigenvalue weighted by molar-refractivity contribution is -0.123. The fraction of sp³-hybridized carbons (Fsp3) is 0.923. The molecule has 1 fully saturated rings. The molecule has 1 saturated carbocycles. The molecule has 1 aliphatic carbocycles. The fourth-order valence-electron chi connectivity index (χ4n) is 2.12. The molecule has 4 heteroatoms. The summed E-state index contributed by atoms with van der Waals surface area (Å²) >= 11 is 0. The Hall–Kier alpha value is -0.610. The molecule has 0 aromatic carbocycles. The highest BCUT2D eigenvalue weighted by Gasteiger charge is 2.19. The van der Waals surface area contributed by atoms with Crippen LogP contribution in [0.5, 0.6) is 0 Å². The minimum Gasteiger partial charge on any atom is -0.392 e. The van der Waals surface area contributed by atoms with Crippen molar-refractivity contribution in [3.8, 4) is 0 Å². The fourth-order valence-corrected chi connectivity index (χ4v) is 2.12. The van der Waals surface area contributed by atoms with Gasteiger partial charge in [0.1, 0.15) is 0 Å². The van der Waals surface area contributed by atoms with Crippen LogP contribution in [0.4, 0.5) is 0 Å². The number of aliphatic hydroxyl groups excluding tert-OH is 1. The van der Waals surface area contributed by atoms with Gasteiger partial charge in [-0.2, -0.15) is 0 Å². The van der Waals surface area contributed by atoms with Crippen molar-refractivity contribution in [3.05, 3.63) is 0 Å². The summed E-state index contributed by atoms with van der Waals surface area (Å²) in [5.41, 5.74) is 0. The molecule has 2 unspecified atom stereocenters. The predicted molar refractivity (Wildman–Crippen MR) is 68.8 cm³/mol. The average molecular weight is 242 g/mol. The van der Waals surface area contributed by atoms with Crippen LogP contribution in [0.2, 0.25) is 0 Å². The third-order valence-corrected chi connectivity index (χ3v) is 3.48. The van der Waals surface area contributed by atoms with Gasteiger partial charge in [-0.15, -0.1) is 0 Å². The monoisotopic (exact) mass is 242 g/mol. The van der Waals surface area contributed by atoms with Crippen LogP contribution in [0.25, 0.3) is 0 Å². The maximum Gasteiger partial charge on any atom is 0.237 e. The van der Waals surface area contributed by atoms with Crippen molar-refractivity contribution in [3.63, 3.8) is 0 Å². The summed E-state index contributed by atoms with van der Waals surface area (Å²) in [6, 6.07) is 0.134. The molecule has 0 spiro atoms. The zero-order valence-electron chi connectivity index (χ0n) is 11.0. The molecule has 0 aliphatic heterocycles. The van der Waals surface area contributed by atoms with Crippen LogP contribution in [0, 0.1) is 0 Å². The van der Waals surface area contributed by atoms with Gasteiger partial charge in [0, 0.05) is 12.6 Å². The minimum atomic E-state index is -0.361. The van der Waals surface area contributed by atoms with E-state index in [4.69, 9.17) is 0 Å². The van der Waals surface area contributed by atoms with Gasteiger partial charge in [0.15, 0.2) is 0 Å². The van der Waals surface area contributed by atoms with E-state index >= 15 is 0 Å². The standard InChI is InChI=1S/C13H26N2O2/c1-3-12(16)9-14-10(2)13(17)15-11-7-5-4-6-8-11/h10-12,14,16H,3-9H2,1-2H3,(H,15,17). The van der Waals surface area contributed by atoms with Crippen LogP contribution in [-0.2, 0) is 4.79 Å². The number of carbonyl (C=O) groups excluding carboxylic acids is 1. The lowest BCUT2D eigenvalue weighted by Gasteiger charge is -2.25. The first-order valence-corrected chi connectivity index (χ1v) is 6.85. The van der Waals surface area contributed by atoms with E-state index in [0.29, 0.717) is 19.0 Å². The number of rotatable bonds is 6. The molecule has 2 atom stereocenters. The number of carbonyl (C=O) groups is 1. The Morgan fingerprint density at radius 3 is 2.59 bits per heavy atom. The number of amides is 1. The molecule has 0 saturated heterocycles. The Balaban J connectivity index is 2.21. The van der Waals surface area contributed by atoms with Crippen molar-refractivity contribution in [2.45, 2.75) is 70.6 Å². The Bertz CT molecular complexity index is 227. The third-order valence-electron chi connectivity index (χ3n) is 3.48. The van der Waals surface area contributed by atoms with Crippen LogP contribution in [-0.4, -0.2) is 35.7 Å². The maximum atomic E-state index is 11.9. The molecule has 0 bridgehead atoms. The number of hydrogen-bond acceptors (Lipinski definition) is 3. The quantitative estimate of drug-likeness (QED) is 0.655. The lowest BCUT2D eigenvalue weighted by Crippen LogP contribution is -2.48. The summed E-state index contributed by atoms with van der Waals surface area (Å²) in [5, 5.41) is 15.6. The maximum absolute atomic E-state index is 11.9. The summed E-state index contributed by atoms with van der Waals surface area (Å²) in [6.45, 7) is 4.26.